The van der Waals surface area contributed by atoms with Gasteiger partial charge in [0.05, 0.1) is 5.02 Å². The maximum absolute atomic E-state index is 11.5. The molecule has 0 spiro atoms. The molecule has 0 aliphatic heterocycles. The van der Waals surface area contributed by atoms with Crippen LogP contribution in [0.15, 0.2) is 18.5 Å². The quantitative estimate of drug-likeness (QED) is 0.830. The van der Waals surface area contributed by atoms with Gasteiger partial charge in [-0.15, -0.1) is 11.6 Å². The molecule has 0 radical (unpaired) electrons. The van der Waals surface area contributed by atoms with Gasteiger partial charge in [0.1, 0.15) is 5.38 Å². The van der Waals surface area contributed by atoms with E-state index >= 15 is 0 Å². The van der Waals surface area contributed by atoms with Crippen molar-refractivity contribution in [1.82, 2.24) is 10.3 Å². The van der Waals surface area contributed by atoms with Crippen LogP contribution in [-0.2, 0) is 4.79 Å². The van der Waals surface area contributed by atoms with Gasteiger partial charge in [0, 0.05) is 24.5 Å². The van der Waals surface area contributed by atoms with Gasteiger partial charge in [-0.2, -0.15) is 0 Å². The second-order valence-corrected chi connectivity index (χ2v) is 3.89. The molecule has 0 aliphatic carbocycles. The molecule has 1 heterocycles. The van der Waals surface area contributed by atoms with E-state index in [2.05, 4.69) is 10.3 Å². The first-order chi connectivity index (χ1) is 7.16. The van der Waals surface area contributed by atoms with E-state index in [-0.39, 0.29) is 5.91 Å². The first-order valence-corrected chi connectivity index (χ1v) is 5.49. The molecule has 0 aromatic carbocycles. The number of carbonyl (C=O) groups is 1. The van der Waals surface area contributed by atoms with E-state index in [1.165, 1.54) is 6.20 Å². The Bertz CT molecular complexity index is 344. The van der Waals surface area contributed by atoms with Gasteiger partial charge in [-0.05, 0) is 12.5 Å². The molecule has 82 valence electrons. The smallest absolute Gasteiger partial charge is 0.242 e. The Balaban J connectivity index is 2.72. The van der Waals surface area contributed by atoms with Crippen LogP contribution in [0.2, 0.25) is 5.02 Å². The summed E-state index contributed by atoms with van der Waals surface area (Å²) in [5.41, 5.74) is 0.585. The molecule has 0 saturated heterocycles. The SMILES string of the molecule is CCCNC(=O)C(Cl)c1ccncc1Cl. The topological polar surface area (TPSA) is 42.0 Å². The van der Waals surface area contributed by atoms with Gasteiger partial charge in [-0.1, -0.05) is 18.5 Å². The maximum atomic E-state index is 11.5. The zero-order valence-corrected chi connectivity index (χ0v) is 9.85. The Hall–Kier alpha value is -0.800. The van der Waals surface area contributed by atoms with Crippen molar-refractivity contribution < 1.29 is 4.79 Å². The van der Waals surface area contributed by atoms with E-state index in [4.69, 9.17) is 23.2 Å². The summed E-state index contributed by atoms with van der Waals surface area (Å²) in [6.45, 7) is 2.59. The molecule has 0 bridgehead atoms. The van der Waals surface area contributed by atoms with Crippen LogP contribution in [0.1, 0.15) is 24.3 Å². The number of hydrogen-bond acceptors (Lipinski definition) is 2. The zero-order valence-electron chi connectivity index (χ0n) is 8.34. The lowest BCUT2D eigenvalue weighted by Gasteiger charge is -2.11. The predicted molar refractivity (Wildman–Crippen MR) is 61.1 cm³/mol. The van der Waals surface area contributed by atoms with Gasteiger partial charge in [-0.25, -0.2) is 0 Å². The fourth-order valence-electron chi connectivity index (χ4n) is 1.07. The lowest BCUT2D eigenvalue weighted by Crippen LogP contribution is -2.27. The van der Waals surface area contributed by atoms with Crippen LogP contribution in [0, 0.1) is 0 Å². The summed E-state index contributed by atoms with van der Waals surface area (Å²) in [7, 11) is 0. The molecule has 15 heavy (non-hydrogen) atoms. The minimum atomic E-state index is -0.757. The number of nitrogens with zero attached hydrogens (tertiary/aromatic N) is 1. The van der Waals surface area contributed by atoms with Crippen LogP contribution in [0.3, 0.4) is 0 Å². The van der Waals surface area contributed by atoms with E-state index in [9.17, 15) is 4.79 Å². The molecule has 0 aliphatic rings. The van der Waals surface area contributed by atoms with E-state index < -0.39 is 5.38 Å². The van der Waals surface area contributed by atoms with E-state index in [0.29, 0.717) is 17.1 Å². The molecule has 3 nitrogen and oxygen atoms in total. The molecular weight excluding hydrogens is 235 g/mol. The minimum Gasteiger partial charge on any atom is -0.355 e. The summed E-state index contributed by atoms with van der Waals surface area (Å²) in [5, 5.41) is 2.36. The van der Waals surface area contributed by atoms with Crippen molar-refractivity contribution in [1.29, 1.82) is 0 Å². The zero-order chi connectivity index (χ0) is 11.3. The third-order valence-electron chi connectivity index (χ3n) is 1.86. The number of nitrogens with one attached hydrogen (secondary N) is 1. The number of rotatable bonds is 4. The Labute approximate surface area is 98.8 Å². The molecule has 1 atom stereocenters. The highest BCUT2D eigenvalue weighted by molar-refractivity contribution is 6.35. The van der Waals surface area contributed by atoms with Gasteiger partial charge in [-0.3, -0.25) is 9.78 Å². The number of alkyl halides is 1. The van der Waals surface area contributed by atoms with Crippen molar-refractivity contribution in [3.05, 3.63) is 29.0 Å². The number of amides is 1. The largest absolute Gasteiger partial charge is 0.355 e. The fourth-order valence-corrected chi connectivity index (χ4v) is 1.62. The van der Waals surface area contributed by atoms with Crippen LogP contribution < -0.4 is 5.32 Å². The van der Waals surface area contributed by atoms with E-state index in [1.54, 1.807) is 12.3 Å². The Morgan fingerprint density at radius 1 is 1.67 bits per heavy atom. The summed E-state index contributed by atoms with van der Waals surface area (Å²) >= 11 is 11.8. The Morgan fingerprint density at radius 3 is 3.00 bits per heavy atom. The third kappa shape index (κ3) is 3.36. The van der Waals surface area contributed by atoms with E-state index in [1.807, 2.05) is 6.92 Å². The molecule has 1 unspecified atom stereocenters. The van der Waals surface area contributed by atoms with Gasteiger partial charge in [0.15, 0.2) is 0 Å². The highest BCUT2D eigenvalue weighted by Crippen LogP contribution is 2.26. The van der Waals surface area contributed by atoms with Crippen molar-refractivity contribution >= 4 is 29.1 Å². The molecule has 0 fully saturated rings. The van der Waals surface area contributed by atoms with Crippen molar-refractivity contribution in [3.63, 3.8) is 0 Å². The molecule has 1 aromatic heterocycles. The van der Waals surface area contributed by atoms with Gasteiger partial charge < -0.3 is 5.32 Å². The second kappa shape index (κ2) is 5.93. The number of pyridine rings is 1. The molecule has 5 heteroatoms. The molecular formula is C10H12Cl2N2O. The van der Waals surface area contributed by atoms with Crippen molar-refractivity contribution in [3.8, 4) is 0 Å². The van der Waals surface area contributed by atoms with Gasteiger partial charge in [0.2, 0.25) is 5.91 Å². The molecule has 1 amide bonds. The monoisotopic (exact) mass is 246 g/mol. The molecule has 1 N–H and O–H groups in total. The van der Waals surface area contributed by atoms with Crippen molar-refractivity contribution in [2.45, 2.75) is 18.7 Å². The second-order valence-electron chi connectivity index (χ2n) is 3.05. The standard InChI is InChI=1S/C10H12Cl2N2O/c1-2-4-14-10(15)9(12)7-3-5-13-6-8(7)11/h3,5-6,9H,2,4H2,1H3,(H,14,15). The predicted octanol–water partition coefficient (Wildman–Crippen LogP) is 2.54. The van der Waals surface area contributed by atoms with Gasteiger partial charge >= 0.3 is 0 Å². The number of carbonyl (C=O) groups excluding carboxylic acids is 1. The summed E-state index contributed by atoms with van der Waals surface area (Å²) < 4.78 is 0. The lowest BCUT2D eigenvalue weighted by atomic mass is 10.2. The number of hydrogen-bond donors (Lipinski definition) is 1. The highest BCUT2D eigenvalue weighted by atomic mass is 35.5. The van der Waals surface area contributed by atoms with E-state index in [0.717, 1.165) is 6.42 Å². The van der Waals surface area contributed by atoms with Crippen LogP contribution in [0.5, 0.6) is 0 Å². The first-order valence-electron chi connectivity index (χ1n) is 4.68. The van der Waals surface area contributed by atoms with Crippen LogP contribution in [-0.4, -0.2) is 17.4 Å². The average Bonchev–Trinajstić information content (AvgIpc) is 2.25. The Kier molecular flexibility index (Phi) is 4.85. The molecule has 0 saturated carbocycles. The summed E-state index contributed by atoms with van der Waals surface area (Å²) in [6, 6.07) is 1.64. The van der Waals surface area contributed by atoms with Gasteiger partial charge in [0.25, 0.3) is 0 Å². The number of aromatic nitrogens is 1. The summed E-state index contributed by atoms with van der Waals surface area (Å²) in [4.78, 5) is 15.4. The van der Waals surface area contributed by atoms with Crippen molar-refractivity contribution in [2.75, 3.05) is 6.54 Å². The Morgan fingerprint density at radius 2 is 2.40 bits per heavy atom. The van der Waals surface area contributed by atoms with Crippen LogP contribution in [0.4, 0.5) is 0 Å². The first kappa shape index (κ1) is 12.3. The highest BCUT2D eigenvalue weighted by Gasteiger charge is 2.19. The molecule has 1 rings (SSSR count). The minimum absolute atomic E-state index is 0.230. The molecule has 1 aromatic rings. The summed E-state index contributed by atoms with van der Waals surface area (Å²) in [5.74, 6) is -0.230. The maximum Gasteiger partial charge on any atom is 0.242 e. The number of halogens is 2. The van der Waals surface area contributed by atoms with Crippen LogP contribution >= 0.6 is 23.2 Å². The van der Waals surface area contributed by atoms with Crippen molar-refractivity contribution in [2.24, 2.45) is 0 Å². The fraction of sp³-hybridized carbons (Fsp3) is 0.400. The lowest BCUT2D eigenvalue weighted by molar-refractivity contribution is -0.120. The summed E-state index contributed by atoms with van der Waals surface area (Å²) in [6.07, 6.45) is 3.91. The van der Waals surface area contributed by atoms with Crippen LogP contribution in [0.25, 0.3) is 0 Å². The third-order valence-corrected chi connectivity index (χ3v) is 2.61. The normalized spacial score (nSPS) is 12.2. The average molecular weight is 247 g/mol.